The smallest absolute Gasteiger partial charge is 0.225 e. The Balaban J connectivity index is 1.58. The first-order valence-corrected chi connectivity index (χ1v) is 7.20. The van der Waals surface area contributed by atoms with Crippen molar-refractivity contribution in [3.63, 3.8) is 0 Å². The van der Waals surface area contributed by atoms with E-state index in [9.17, 15) is 4.39 Å². The monoisotopic (exact) mass is 286 g/mol. The van der Waals surface area contributed by atoms with Gasteiger partial charge in [-0.2, -0.15) is 0 Å². The summed E-state index contributed by atoms with van der Waals surface area (Å²) >= 11 is 0. The Kier molecular flexibility index (Phi) is 4.10. The van der Waals surface area contributed by atoms with Gasteiger partial charge in [-0.1, -0.05) is 12.1 Å². The van der Waals surface area contributed by atoms with Crippen molar-refractivity contribution in [2.24, 2.45) is 0 Å². The number of nitrogens with one attached hydrogen (secondary N) is 1. The van der Waals surface area contributed by atoms with Gasteiger partial charge in [0.25, 0.3) is 0 Å². The van der Waals surface area contributed by atoms with Gasteiger partial charge in [0.15, 0.2) is 0 Å². The van der Waals surface area contributed by atoms with Crippen molar-refractivity contribution in [1.29, 1.82) is 0 Å². The molecular formula is C16H19FN4. The minimum absolute atomic E-state index is 0.217. The first-order valence-electron chi connectivity index (χ1n) is 7.20. The lowest BCUT2D eigenvalue weighted by Crippen LogP contribution is -2.20. The van der Waals surface area contributed by atoms with Gasteiger partial charge in [0.2, 0.25) is 5.95 Å². The van der Waals surface area contributed by atoms with E-state index in [1.165, 1.54) is 25.0 Å². The predicted molar refractivity (Wildman–Crippen MR) is 80.4 cm³/mol. The van der Waals surface area contributed by atoms with Crippen molar-refractivity contribution in [2.75, 3.05) is 11.9 Å². The number of hydrogen-bond donors (Lipinski definition) is 1. The van der Waals surface area contributed by atoms with Crippen LogP contribution in [0.3, 0.4) is 0 Å². The molecule has 1 aromatic heterocycles. The molecule has 1 fully saturated rings. The number of nitrogens with zero attached hydrogens (tertiary/aromatic N) is 3. The summed E-state index contributed by atoms with van der Waals surface area (Å²) in [4.78, 5) is 10.7. The van der Waals surface area contributed by atoms with Gasteiger partial charge in [0.05, 0.1) is 0 Å². The number of aromatic nitrogens is 2. The summed E-state index contributed by atoms with van der Waals surface area (Å²) in [5, 5.41) is 3.44. The van der Waals surface area contributed by atoms with Crippen LogP contribution in [-0.2, 0) is 13.1 Å². The Bertz CT molecular complexity index is 578. The zero-order chi connectivity index (χ0) is 14.7. The molecule has 0 radical (unpaired) electrons. The van der Waals surface area contributed by atoms with Gasteiger partial charge in [-0.3, -0.25) is 0 Å². The molecule has 0 amide bonds. The van der Waals surface area contributed by atoms with Crippen molar-refractivity contribution in [2.45, 2.75) is 32.0 Å². The topological polar surface area (TPSA) is 41.1 Å². The largest absolute Gasteiger partial charge is 0.340 e. The summed E-state index contributed by atoms with van der Waals surface area (Å²) in [5.74, 6) is 0.458. The third kappa shape index (κ3) is 3.98. The standard InChI is InChI=1S/C16H19FN4/c1-21(11-12-2-4-14(17)5-3-12)16-19-9-13(10-20-16)8-18-15-6-7-15/h2-5,9-10,15,18H,6-8,11H2,1H3. The molecule has 0 atom stereocenters. The van der Waals surface area contributed by atoms with E-state index < -0.39 is 0 Å². The van der Waals surface area contributed by atoms with Gasteiger partial charge in [-0.25, -0.2) is 14.4 Å². The molecule has 21 heavy (non-hydrogen) atoms. The molecule has 0 spiro atoms. The van der Waals surface area contributed by atoms with Crippen molar-refractivity contribution in [3.05, 3.63) is 53.6 Å². The van der Waals surface area contributed by atoms with Crippen LogP contribution in [0, 0.1) is 5.82 Å². The van der Waals surface area contributed by atoms with Crippen LogP contribution in [0.25, 0.3) is 0 Å². The lowest BCUT2D eigenvalue weighted by molar-refractivity contribution is 0.627. The average molecular weight is 286 g/mol. The highest BCUT2D eigenvalue weighted by Crippen LogP contribution is 2.19. The summed E-state index contributed by atoms with van der Waals surface area (Å²) in [6.45, 7) is 1.48. The molecule has 5 heteroatoms. The number of hydrogen-bond acceptors (Lipinski definition) is 4. The van der Waals surface area contributed by atoms with Crippen LogP contribution in [0.15, 0.2) is 36.7 Å². The highest BCUT2D eigenvalue weighted by Gasteiger charge is 2.20. The van der Waals surface area contributed by atoms with E-state index in [2.05, 4.69) is 15.3 Å². The number of benzene rings is 1. The molecule has 1 N–H and O–H groups in total. The molecule has 1 aliphatic carbocycles. The Morgan fingerprint density at radius 3 is 2.43 bits per heavy atom. The molecule has 1 heterocycles. The fraction of sp³-hybridized carbons (Fsp3) is 0.375. The highest BCUT2D eigenvalue weighted by atomic mass is 19.1. The van der Waals surface area contributed by atoms with Crippen LogP contribution in [0.5, 0.6) is 0 Å². The summed E-state index contributed by atoms with van der Waals surface area (Å²) in [6.07, 6.45) is 6.27. The van der Waals surface area contributed by atoms with Crippen LogP contribution >= 0.6 is 0 Å². The summed E-state index contributed by atoms with van der Waals surface area (Å²) in [5.41, 5.74) is 2.13. The first kappa shape index (κ1) is 13.9. The minimum atomic E-state index is -0.217. The van der Waals surface area contributed by atoms with E-state index in [-0.39, 0.29) is 5.82 Å². The van der Waals surface area contributed by atoms with Gasteiger partial charge in [-0.05, 0) is 30.5 Å². The Morgan fingerprint density at radius 2 is 1.81 bits per heavy atom. The molecule has 1 aliphatic rings. The van der Waals surface area contributed by atoms with E-state index in [0.29, 0.717) is 18.5 Å². The second kappa shape index (κ2) is 6.18. The van der Waals surface area contributed by atoms with Crippen molar-refractivity contribution in [3.8, 4) is 0 Å². The van der Waals surface area contributed by atoms with Gasteiger partial charge < -0.3 is 10.2 Å². The molecular weight excluding hydrogens is 267 g/mol. The van der Waals surface area contributed by atoms with Gasteiger partial charge in [0, 0.05) is 44.1 Å². The maximum Gasteiger partial charge on any atom is 0.225 e. The Labute approximate surface area is 124 Å². The zero-order valence-electron chi connectivity index (χ0n) is 12.1. The summed E-state index contributed by atoms with van der Waals surface area (Å²) < 4.78 is 12.9. The van der Waals surface area contributed by atoms with Crippen LogP contribution < -0.4 is 10.2 Å². The zero-order valence-corrected chi connectivity index (χ0v) is 12.1. The lowest BCUT2D eigenvalue weighted by atomic mass is 10.2. The maximum atomic E-state index is 12.9. The lowest BCUT2D eigenvalue weighted by Gasteiger charge is -2.17. The van der Waals surface area contributed by atoms with Crippen LogP contribution in [0.4, 0.5) is 10.3 Å². The third-order valence-corrected chi connectivity index (χ3v) is 3.54. The van der Waals surface area contributed by atoms with Crippen LogP contribution in [-0.4, -0.2) is 23.1 Å². The number of anilines is 1. The Morgan fingerprint density at radius 1 is 1.14 bits per heavy atom. The van der Waals surface area contributed by atoms with Crippen molar-refractivity contribution < 1.29 is 4.39 Å². The molecule has 4 nitrogen and oxygen atoms in total. The maximum absolute atomic E-state index is 12.9. The van der Waals surface area contributed by atoms with E-state index >= 15 is 0 Å². The molecule has 2 aromatic rings. The molecule has 0 aliphatic heterocycles. The summed E-state index contributed by atoms with van der Waals surface area (Å²) in [7, 11) is 1.93. The number of halogens is 1. The van der Waals surface area contributed by atoms with Gasteiger partial charge in [-0.15, -0.1) is 0 Å². The van der Waals surface area contributed by atoms with E-state index in [1.54, 1.807) is 12.1 Å². The minimum Gasteiger partial charge on any atom is -0.340 e. The highest BCUT2D eigenvalue weighted by molar-refractivity contribution is 5.31. The molecule has 110 valence electrons. The summed E-state index contributed by atoms with van der Waals surface area (Å²) in [6, 6.07) is 7.18. The van der Waals surface area contributed by atoms with E-state index in [1.807, 2.05) is 24.3 Å². The van der Waals surface area contributed by atoms with E-state index in [0.717, 1.165) is 17.7 Å². The second-order valence-electron chi connectivity index (χ2n) is 5.53. The molecule has 0 unspecified atom stereocenters. The normalized spacial score (nSPS) is 14.2. The molecule has 1 saturated carbocycles. The van der Waals surface area contributed by atoms with Gasteiger partial charge in [0.1, 0.15) is 5.82 Å². The van der Waals surface area contributed by atoms with Crippen molar-refractivity contribution >= 4 is 5.95 Å². The molecule has 1 aromatic carbocycles. The fourth-order valence-electron chi connectivity index (χ4n) is 2.12. The first-order chi connectivity index (χ1) is 10.2. The van der Waals surface area contributed by atoms with Crippen molar-refractivity contribution in [1.82, 2.24) is 15.3 Å². The molecule has 0 saturated heterocycles. The van der Waals surface area contributed by atoms with Crippen LogP contribution in [0.2, 0.25) is 0 Å². The average Bonchev–Trinajstić information content (AvgIpc) is 3.32. The van der Waals surface area contributed by atoms with Gasteiger partial charge >= 0.3 is 0 Å². The quantitative estimate of drug-likeness (QED) is 0.886. The third-order valence-electron chi connectivity index (χ3n) is 3.54. The SMILES string of the molecule is CN(Cc1ccc(F)cc1)c1ncc(CNC2CC2)cn1. The molecule has 0 bridgehead atoms. The molecule has 3 rings (SSSR count). The Hall–Kier alpha value is -2.01. The van der Waals surface area contributed by atoms with E-state index in [4.69, 9.17) is 0 Å². The number of rotatable bonds is 6. The fourth-order valence-corrected chi connectivity index (χ4v) is 2.12. The predicted octanol–water partition coefficient (Wildman–Crippen LogP) is 2.50. The van der Waals surface area contributed by atoms with Crippen LogP contribution in [0.1, 0.15) is 24.0 Å². The second-order valence-corrected chi connectivity index (χ2v) is 5.53.